The van der Waals surface area contributed by atoms with Crippen LogP contribution in [0.1, 0.15) is 33.3 Å². The molecule has 132 valence electrons. The quantitative estimate of drug-likeness (QED) is 0.710. The van der Waals surface area contributed by atoms with E-state index in [2.05, 4.69) is 10.4 Å². The van der Waals surface area contributed by atoms with E-state index in [4.69, 9.17) is 0 Å². The maximum Gasteiger partial charge on any atom is 0.226 e. The highest BCUT2D eigenvalue weighted by atomic mass is 32.1. The summed E-state index contributed by atoms with van der Waals surface area (Å²) < 4.78 is 28.6. The van der Waals surface area contributed by atoms with Crippen molar-refractivity contribution in [3.8, 4) is 5.69 Å². The molecule has 1 N–H and O–H groups in total. The van der Waals surface area contributed by atoms with E-state index in [9.17, 15) is 18.4 Å². The number of hydrogen-bond acceptors (Lipinski definition) is 4. The Morgan fingerprint density at radius 3 is 2.85 bits per heavy atom. The van der Waals surface area contributed by atoms with Crippen molar-refractivity contribution in [3.05, 3.63) is 63.5 Å². The van der Waals surface area contributed by atoms with Gasteiger partial charge in [-0.2, -0.15) is 5.10 Å². The Morgan fingerprint density at radius 1 is 1.35 bits per heavy atom. The number of hydrogen-bond donors (Lipinski definition) is 1. The van der Waals surface area contributed by atoms with Gasteiger partial charge in [0.25, 0.3) is 0 Å². The van der Waals surface area contributed by atoms with Gasteiger partial charge in [-0.25, -0.2) is 13.5 Å². The molecule has 4 rings (SSSR count). The molecule has 1 amide bonds. The van der Waals surface area contributed by atoms with Crippen molar-refractivity contribution in [1.29, 1.82) is 0 Å². The van der Waals surface area contributed by atoms with Crippen molar-refractivity contribution >= 4 is 28.8 Å². The average molecular weight is 373 g/mol. The molecule has 0 spiro atoms. The molecule has 1 aliphatic rings. The van der Waals surface area contributed by atoms with E-state index >= 15 is 0 Å². The van der Waals surface area contributed by atoms with E-state index in [0.29, 0.717) is 16.1 Å². The van der Waals surface area contributed by atoms with E-state index in [1.807, 2.05) is 0 Å². The Morgan fingerprint density at radius 2 is 2.15 bits per heavy atom. The molecule has 1 aliphatic heterocycles. The Hall–Kier alpha value is -2.87. The highest BCUT2D eigenvalue weighted by Crippen LogP contribution is 2.39. The molecule has 3 aromatic rings. The van der Waals surface area contributed by atoms with Crippen LogP contribution >= 0.6 is 11.3 Å². The lowest BCUT2D eigenvalue weighted by molar-refractivity contribution is -0.116. The normalized spacial score (nSPS) is 16.3. The van der Waals surface area contributed by atoms with Crippen LogP contribution < -0.4 is 5.32 Å². The first-order valence-electron chi connectivity index (χ1n) is 7.88. The third kappa shape index (κ3) is 2.62. The topological polar surface area (TPSA) is 64.0 Å². The van der Waals surface area contributed by atoms with Gasteiger partial charge in [0, 0.05) is 18.1 Å². The Labute approximate surface area is 151 Å². The maximum absolute atomic E-state index is 14.2. The number of thiophene rings is 1. The molecule has 0 radical (unpaired) electrons. The number of carbonyl (C=O) groups excluding carboxylic acids is 2. The van der Waals surface area contributed by atoms with Gasteiger partial charge >= 0.3 is 0 Å². The van der Waals surface area contributed by atoms with Crippen molar-refractivity contribution in [2.75, 3.05) is 5.32 Å². The SMILES string of the molecule is Cc1nn(-c2ccc(F)cc2F)c2c1[C@@H](C(=O)c1cccs1)CC(=O)N2. The second kappa shape index (κ2) is 6.14. The van der Waals surface area contributed by atoms with Crippen molar-refractivity contribution in [2.24, 2.45) is 0 Å². The number of benzene rings is 1. The van der Waals surface area contributed by atoms with Crippen LogP contribution in [0.3, 0.4) is 0 Å². The van der Waals surface area contributed by atoms with Gasteiger partial charge in [0.15, 0.2) is 11.6 Å². The van der Waals surface area contributed by atoms with Crippen LogP contribution in [-0.4, -0.2) is 21.5 Å². The summed E-state index contributed by atoms with van der Waals surface area (Å²) in [5, 5.41) is 8.76. The number of rotatable bonds is 3. The molecule has 0 unspecified atom stereocenters. The molecule has 0 bridgehead atoms. The summed E-state index contributed by atoms with van der Waals surface area (Å²) in [5.74, 6) is -2.47. The fraction of sp³-hybridized carbons (Fsp3) is 0.167. The largest absolute Gasteiger partial charge is 0.310 e. The monoisotopic (exact) mass is 373 g/mol. The molecule has 0 saturated carbocycles. The van der Waals surface area contributed by atoms with Gasteiger partial charge in [0.05, 0.1) is 16.5 Å². The second-order valence-electron chi connectivity index (χ2n) is 6.00. The Bertz CT molecular complexity index is 1030. The van der Waals surface area contributed by atoms with Gasteiger partial charge < -0.3 is 5.32 Å². The summed E-state index contributed by atoms with van der Waals surface area (Å²) in [6.45, 7) is 1.70. The summed E-state index contributed by atoms with van der Waals surface area (Å²) in [6, 6.07) is 6.58. The summed E-state index contributed by atoms with van der Waals surface area (Å²) in [4.78, 5) is 25.6. The lowest BCUT2D eigenvalue weighted by Crippen LogP contribution is -2.28. The molecule has 0 aliphatic carbocycles. The summed E-state index contributed by atoms with van der Waals surface area (Å²) >= 11 is 1.30. The summed E-state index contributed by atoms with van der Waals surface area (Å²) in [6.07, 6.45) is 0.00215. The number of Topliss-reactive ketones (excluding diaryl/α,β-unsaturated/α-hetero) is 1. The Kier molecular flexibility index (Phi) is 3.91. The fourth-order valence-corrected chi connectivity index (χ4v) is 3.91. The van der Waals surface area contributed by atoms with Crippen LogP contribution in [0.25, 0.3) is 5.69 Å². The summed E-state index contributed by atoms with van der Waals surface area (Å²) in [7, 11) is 0. The lowest BCUT2D eigenvalue weighted by Gasteiger charge is -2.22. The minimum absolute atomic E-state index is 0.000252. The molecule has 3 heterocycles. The van der Waals surface area contributed by atoms with E-state index in [-0.39, 0.29) is 29.6 Å². The number of aromatic nitrogens is 2. The second-order valence-corrected chi connectivity index (χ2v) is 6.95. The molecular formula is C18H13F2N3O2S. The zero-order chi connectivity index (χ0) is 18.4. The number of nitrogens with one attached hydrogen (secondary N) is 1. The minimum Gasteiger partial charge on any atom is -0.310 e. The molecule has 1 aromatic carbocycles. The van der Waals surface area contributed by atoms with Crippen LogP contribution in [0.15, 0.2) is 35.7 Å². The zero-order valence-electron chi connectivity index (χ0n) is 13.6. The van der Waals surface area contributed by atoms with Crippen LogP contribution in [-0.2, 0) is 4.79 Å². The number of halogens is 2. The summed E-state index contributed by atoms with van der Waals surface area (Å²) in [5.41, 5.74) is 1.07. The lowest BCUT2D eigenvalue weighted by atomic mass is 9.87. The van der Waals surface area contributed by atoms with Crippen LogP contribution in [0.4, 0.5) is 14.6 Å². The first-order valence-corrected chi connectivity index (χ1v) is 8.76. The zero-order valence-corrected chi connectivity index (χ0v) is 14.4. The van der Waals surface area contributed by atoms with E-state index < -0.39 is 17.6 Å². The van der Waals surface area contributed by atoms with Crippen LogP contribution in [0, 0.1) is 18.6 Å². The van der Waals surface area contributed by atoms with Crippen molar-refractivity contribution in [3.63, 3.8) is 0 Å². The molecule has 26 heavy (non-hydrogen) atoms. The van der Waals surface area contributed by atoms with Gasteiger partial charge in [-0.15, -0.1) is 11.3 Å². The maximum atomic E-state index is 14.2. The van der Waals surface area contributed by atoms with Crippen molar-refractivity contribution in [2.45, 2.75) is 19.3 Å². The highest BCUT2D eigenvalue weighted by molar-refractivity contribution is 7.12. The number of fused-ring (bicyclic) bond motifs is 1. The molecule has 8 heteroatoms. The van der Waals surface area contributed by atoms with E-state index in [0.717, 1.165) is 12.1 Å². The standard InChI is InChI=1S/C18H13F2N3O2S/c1-9-16-11(17(25)14-3-2-6-26-14)8-15(24)21-18(16)23(22-9)13-5-4-10(19)7-12(13)20/h2-7,11H,8H2,1H3,(H,21,24)/t11-/m0/s1. The number of aryl methyl sites for hydroxylation is 1. The fourth-order valence-electron chi connectivity index (χ4n) is 3.19. The molecule has 0 saturated heterocycles. The molecule has 2 aromatic heterocycles. The number of anilines is 1. The highest BCUT2D eigenvalue weighted by Gasteiger charge is 2.36. The van der Waals surface area contributed by atoms with Gasteiger partial charge in [-0.3, -0.25) is 9.59 Å². The first kappa shape index (κ1) is 16.6. The predicted octanol–water partition coefficient (Wildman–Crippen LogP) is 3.83. The molecule has 5 nitrogen and oxygen atoms in total. The smallest absolute Gasteiger partial charge is 0.226 e. The van der Waals surface area contributed by atoms with Crippen LogP contribution in [0.2, 0.25) is 0 Å². The number of ketones is 1. The van der Waals surface area contributed by atoms with E-state index in [1.54, 1.807) is 24.4 Å². The van der Waals surface area contributed by atoms with Gasteiger partial charge in [0.1, 0.15) is 17.3 Å². The Balaban J connectivity index is 1.86. The third-order valence-corrected chi connectivity index (χ3v) is 5.21. The molecule has 1 atom stereocenters. The minimum atomic E-state index is -0.809. The molecule has 0 fully saturated rings. The van der Waals surface area contributed by atoms with Gasteiger partial charge in [-0.1, -0.05) is 6.07 Å². The first-order chi connectivity index (χ1) is 12.5. The predicted molar refractivity (Wildman–Crippen MR) is 92.9 cm³/mol. The van der Waals surface area contributed by atoms with Gasteiger partial charge in [-0.05, 0) is 30.5 Å². The van der Waals surface area contributed by atoms with Crippen LogP contribution in [0.5, 0.6) is 0 Å². The third-order valence-electron chi connectivity index (χ3n) is 4.32. The average Bonchev–Trinajstić information content (AvgIpc) is 3.22. The van der Waals surface area contributed by atoms with E-state index in [1.165, 1.54) is 22.1 Å². The number of carbonyl (C=O) groups is 2. The van der Waals surface area contributed by atoms with Gasteiger partial charge in [0.2, 0.25) is 5.91 Å². The van der Waals surface area contributed by atoms with Crippen molar-refractivity contribution in [1.82, 2.24) is 9.78 Å². The van der Waals surface area contributed by atoms with Crippen molar-refractivity contribution < 1.29 is 18.4 Å². The number of nitrogens with zero attached hydrogens (tertiary/aromatic N) is 2. The number of amides is 1. The molecular weight excluding hydrogens is 360 g/mol.